The summed E-state index contributed by atoms with van der Waals surface area (Å²) in [7, 11) is 0. The van der Waals surface area contributed by atoms with Crippen molar-refractivity contribution in [1.29, 1.82) is 0 Å². The number of rotatable bonds is 5. The Balaban J connectivity index is 1.74. The van der Waals surface area contributed by atoms with Crippen LogP contribution in [0.4, 0.5) is 5.69 Å². The number of benzene rings is 1. The van der Waals surface area contributed by atoms with E-state index in [4.69, 9.17) is 16.0 Å². The first-order valence-electron chi connectivity index (χ1n) is 5.95. The lowest BCUT2D eigenvalue weighted by molar-refractivity contribution is -0.115. The molecular weight excluding hydrogens is 264 g/mol. The van der Waals surface area contributed by atoms with Gasteiger partial charge in [-0.05, 0) is 43.3 Å². The molecule has 0 aliphatic heterocycles. The Hall–Kier alpha value is -1.78. The monoisotopic (exact) mass is 278 g/mol. The number of anilines is 1. The van der Waals surface area contributed by atoms with Gasteiger partial charge in [0.15, 0.2) is 0 Å². The molecule has 4 nitrogen and oxygen atoms in total. The number of furan rings is 1. The van der Waals surface area contributed by atoms with Crippen LogP contribution in [0, 0.1) is 6.92 Å². The molecule has 100 valence electrons. The maximum absolute atomic E-state index is 11.7. The smallest absolute Gasteiger partial charge is 0.238 e. The number of hydrogen-bond donors (Lipinski definition) is 2. The van der Waals surface area contributed by atoms with Gasteiger partial charge in [-0.15, -0.1) is 0 Å². The van der Waals surface area contributed by atoms with Crippen LogP contribution in [0.3, 0.4) is 0 Å². The van der Waals surface area contributed by atoms with E-state index >= 15 is 0 Å². The number of nitrogens with one attached hydrogen (secondary N) is 2. The SMILES string of the molecule is Cc1ccc(CNCC(=O)Nc2ccc(Cl)cc2)o1. The lowest BCUT2D eigenvalue weighted by Gasteiger charge is -2.05. The molecule has 0 aliphatic rings. The van der Waals surface area contributed by atoms with Crippen molar-refractivity contribution in [3.63, 3.8) is 0 Å². The molecule has 1 aromatic carbocycles. The summed E-state index contributed by atoms with van der Waals surface area (Å²) >= 11 is 5.77. The number of carbonyl (C=O) groups is 1. The molecule has 0 bridgehead atoms. The zero-order valence-corrected chi connectivity index (χ0v) is 11.3. The molecule has 2 N–H and O–H groups in total. The maximum Gasteiger partial charge on any atom is 0.238 e. The molecule has 0 fully saturated rings. The minimum absolute atomic E-state index is 0.106. The summed E-state index contributed by atoms with van der Waals surface area (Å²) in [6.07, 6.45) is 0. The Morgan fingerprint density at radius 2 is 1.95 bits per heavy atom. The molecular formula is C14H15ClN2O2. The van der Waals surface area contributed by atoms with Crippen LogP contribution in [-0.2, 0) is 11.3 Å². The van der Waals surface area contributed by atoms with Gasteiger partial charge in [0.2, 0.25) is 5.91 Å². The zero-order chi connectivity index (χ0) is 13.7. The fourth-order valence-electron chi connectivity index (χ4n) is 1.62. The number of halogens is 1. The van der Waals surface area contributed by atoms with E-state index in [2.05, 4.69) is 10.6 Å². The summed E-state index contributed by atoms with van der Waals surface area (Å²) in [5, 5.41) is 6.43. The van der Waals surface area contributed by atoms with Gasteiger partial charge in [0.1, 0.15) is 11.5 Å². The van der Waals surface area contributed by atoms with E-state index in [1.165, 1.54) is 0 Å². The van der Waals surface area contributed by atoms with Crippen LogP contribution in [0.1, 0.15) is 11.5 Å². The Labute approximate surface area is 116 Å². The average Bonchev–Trinajstić information content (AvgIpc) is 2.78. The summed E-state index contributed by atoms with van der Waals surface area (Å²) in [5.74, 6) is 1.57. The first-order valence-corrected chi connectivity index (χ1v) is 6.33. The van der Waals surface area contributed by atoms with Crippen LogP contribution in [0.15, 0.2) is 40.8 Å². The molecule has 1 heterocycles. The van der Waals surface area contributed by atoms with Crippen molar-refractivity contribution in [2.45, 2.75) is 13.5 Å². The predicted molar refractivity (Wildman–Crippen MR) is 75.2 cm³/mol. The van der Waals surface area contributed by atoms with Gasteiger partial charge in [-0.25, -0.2) is 0 Å². The lowest BCUT2D eigenvalue weighted by Crippen LogP contribution is -2.27. The van der Waals surface area contributed by atoms with Gasteiger partial charge in [0.05, 0.1) is 13.1 Å². The van der Waals surface area contributed by atoms with Gasteiger partial charge < -0.3 is 15.1 Å². The van der Waals surface area contributed by atoms with Gasteiger partial charge in [0, 0.05) is 10.7 Å². The molecule has 1 amide bonds. The molecule has 2 rings (SSSR count). The minimum Gasteiger partial charge on any atom is -0.465 e. The molecule has 0 saturated heterocycles. The van der Waals surface area contributed by atoms with Crippen molar-refractivity contribution in [3.05, 3.63) is 52.9 Å². The Bertz CT molecular complexity index is 549. The average molecular weight is 279 g/mol. The minimum atomic E-state index is -0.106. The van der Waals surface area contributed by atoms with E-state index in [-0.39, 0.29) is 12.5 Å². The Morgan fingerprint density at radius 1 is 1.21 bits per heavy atom. The highest BCUT2D eigenvalue weighted by Crippen LogP contribution is 2.13. The van der Waals surface area contributed by atoms with E-state index in [9.17, 15) is 4.79 Å². The summed E-state index contributed by atoms with van der Waals surface area (Å²) in [6, 6.07) is 10.8. The van der Waals surface area contributed by atoms with Crippen LogP contribution in [0.5, 0.6) is 0 Å². The van der Waals surface area contributed by atoms with E-state index < -0.39 is 0 Å². The predicted octanol–water partition coefficient (Wildman–Crippen LogP) is 2.97. The first kappa shape index (κ1) is 13.6. The number of carbonyl (C=O) groups excluding carboxylic acids is 1. The van der Waals surface area contributed by atoms with E-state index in [0.717, 1.165) is 17.2 Å². The number of hydrogen-bond acceptors (Lipinski definition) is 3. The summed E-state index contributed by atoms with van der Waals surface area (Å²) < 4.78 is 5.39. The highest BCUT2D eigenvalue weighted by atomic mass is 35.5. The van der Waals surface area contributed by atoms with Crippen LogP contribution in [0.25, 0.3) is 0 Å². The van der Waals surface area contributed by atoms with Crippen molar-refractivity contribution < 1.29 is 9.21 Å². The zero-order valence-electron chi connectivity index (χ0n) is 10.6. The Morgan fingerprint density at radius 3 is 2.58 bits per heavy atom. The molecule has 0 spiro atoms. The third-order valence-electron chi connectivity index (χ3n) is 2.51. The van der Waals surface area contributed by atoms with Gasteiger partial charge in [-0.3, -0.25) is 4.79 Å². The molecule has 5 heteroatoms. The van der Waals surface area contributed by atoms with Crippen LogP contribution in [0.2, 0.25) is 5.02 Å². The van der Waals surface area contributed by atoms with Crippen molar-refractivity contribution in [3.8, 4) is 0 Å². The van der Waals surface area contributed by atoms with Crippen LogP contribution in [-0.4, -0.2) is 12.5 Å². The second-order valence-electron chi connectivity index (χ2n) is 4.17. The van der Waals surface area contributed by atoms with Gasteiger partial charge in [-0.2, -0.15) is 0 Å². The fraction of sp³-hybridized carbons (Fsp3) is 0.214. The summed E-state index contributed by atoms with van der Waals surface area (Å²) in [4.78, 5) is 11.7. The van der Waals surface area contributed by atoms with E-state index in [0.29, 0.717) is 11.6 Å². The fourth-order valence-corrected chi connectivity index (χ4v) is 1.74. The molecule has 0 aliphatic carbocycles. The second kappa shape index (κ2) is 6.41. The standard InChI is InChI=1S/C14H15ClN2O2/c1-10-2-7-13(19-10)8-16-9-14(18)17-12-5-3-11(15)4-6-12/h2-7,16H,8-9H2,1H3,(H,17,18). The topological polar surface area (TPSA) is 54.3 Å². The molecule has 0 radical (unpaired) electrons. The second-order valence-corrected chi connectivity index (χ2v) is 4.61. The van der Waals surface area contributed by atoms with Crippen molar-refractivity contribution in [1.82, 2.24) is 5.32 Å². The first-order chi connectivity index (χ1) is 9.13. The summed E-state index contributed by atoms with van der Waals surface area (Å²) in [6.45, 7) is 2.64. The third-order valence-corrected chi connectivity index (χ3v) is 2.76. The number of amides is 1. The highest BCUT2D eigenvalue weighted by molar-refractivity contribution is 6.30. The highest BCUT2D eigenvalue weighted by Gasteiger charge is 2.03. The molecule has 1 aromatic heterocycles. The van der Waals surface area contributed by atoms with E-state index in [1.807, 2.05) is 19.1 Å². The van der Waals surface area contributed by atoms with Crippen molar-refractivity contribution in [2.24, 2.45) is 0 Å². The normalized spacial score (nSPS) is 10.4. The molecule has 19 heavy (non-hydrogen) atoms. The van der Waals surface area contributed by atoms with E-state index in [1.54, 1.807) is 24.3 Å². The van der Waals surface area contributed by atoms with Crippen LogP contribution < -0.4 is 10.6 Å². The molecule has 2 aromatic rings. The van der Waals surface area contributed by atoms with Gasteiger partial charge in [-0.1, -0.05) is 11.6 Å². The molecule has 0 saturated carbocycles. The van der Waals surface area contributed by atoms with Gasteiger partial charge in [0.25, 0.3) is 0 Å². The van der Waals surface area contributed by atoms with Gasteiger partial charge >= 0.3 is 0 Å². The quantitative estimate of drug-likeness (QED) is 0.884. The number of aryl methyl sites for hydroxylation is 1. The lowest BCUT2D eigenvalue weighted by atomic mass is 10.3. The Kier molecular flexibility index (Phi) is 4.60. The van der Waals surface area contributed by atoms with Crippen LogP contribution >= 0.6 is 11.6 Å². The third kappa shape index (κ3) is 4.43. The molecule has 0 unspecified atom stereocenters. The largest absolute Gasteiger partial charge is 0.465 e. The molecule has 0 atom stereocenters. The van der Waals surface area contributed by atoms with Crippen molar-refractivity contribution >= 4 is 23.2 Å². The maximum atomic E-state index is 11.7. The van der Waals surface area contributed by atoms with Crippen molar-refractivity contribution in [2.75, 3.05) is 11.9 Å². The summed E-state index contributed by atoms with van der Waals surface area (Å²) in [5.41, 5.74) is 0.727.